The molecule has 6 aromatic carbocycles. The molecule has 3 heterocycles. The van der Waals surface area contributed by atoms with Gasteiger partial charge >= 0.3 is 0 Å². The summed E-state index contributed by atoms with van der Waals surface area (Å²) in [5.74, 6) is 1.94. The minimum Gasteiger partial charge on any atom is -0.309 e. The lowest BCUT2D eigenvalue weighted by atomic mass is 10.0. The summed E-state index contributed by atoms with van der Waals surface area (Å²) in [6.07, 6.45) is 8.80. The molecule has 10 rings (SSSR count). The molecule has 0 N–H and O–H groups in total. The van der Waals surface area contributed by atoms with Gasteiger partial charge in [-0.25, -0.2) is 0 Å². The second kappa shape index (κ2) is 11.4. The van der Waals surface area contributed by atoms with Crippen molar-refractivity contribution in [3.8, 4) is 22.9 Å². The SMILES string of the molecule is N#Cc1ccc2c(c1)c1cc(-c3cccc4c3sc3ccccc34)ccc1n2-c1ccc([N+]2=C(c3ccccc3)N=C2C2=CCCC=C2)cc1. The van der Waals surface area contributed by atoms with Crippen molar-refractivity contribution in [2.75, 3.05) is 0 Å². The molecule has 4 nitrogen and oxygen atoms in total. The summed E-state index contributed by atoms with van der Waals surface area (Å²) >= 11 is 1.85. The van der Waals surface area contributed by atoms with E-state index >= 15 is 0 Å². The van der Waals surface area contributed by atoms with Crippen LogP contribution < -0.4 is 0 Å². The summed E-state index contributed by atoms with van der Waals surface area (Å²) in [4.78, 5) is 5.02. The molecule has 0 saturated heterocycles. The van der Waals surface area contributed by atoms with E-state index in [0.717, 1.165) is 68.8 Å². The fraction of sp³-hybridized carbons (Fsp3) is 0.0444. The number of amidine groups is 2. The van der Waals surface area contributed by atoms with Crippen LogP contribution in [0.4, 0.5) is 5.69 Å². The molecule has 0 bridgehead atoms. The van der Waals surface area contributed by atoms with Crippen LogP contribution in [-0.2, 0) is 0 Å². The summed E-state index contributed by atoms with van der Waals surface area (Å²) in [5.41, 5.74) is 9.64. The molecule has 0 fully saturated rings. The molecule has 0 radical (unpaired) electrons. The van der Waals surface area contributed by atoms with Gasteiger partial charge in [-0.1, -0.05) is 83.9 Å². The Labute approximate surface area is 293 Å². The summed E-state index contributed by atoms with van der Waals surface area (Å²) in [7, 11) is 0. The molecule has 0 unspecified atom stereocenters. The summed E-state index contributed by atoms with van der Waals surface area (Å²) in [5, 5.41) is 14.6. The van der Waals surface area contributed by atoms with E-state index in [2.05, 4.69) is 149 Å². The van der Waals surface area contributed by atoms with Crippen molar-refractivity contribution in [1.29, 1.82) is 5.26 Å². The van der Waals surface area contributed by atoms with Crippen molar-refractivity contribution in [1.82, 2.24) is 4.57 Å². The lowest BCUT2D eigenvalue weighted by Crippen LogP contribution is -2.34. The standard InChI is InChI=1S/C45H29N4S/c46-28-29-18-24-40-38(26-29)39-27-32(35-15-9-16-37-36-14-7-8-17-42(36)50-43(35)37)19-25-41(39)48(40)33-20-22-34(23-21-33)49-44(30-10-3-1-4-11-30)47-45(49)31-12-5-2-6-13-31/h1,3-5,7-27H,2,6H2/q+1. The number of hydrogen-bond donors (Lipinski definition) is 0. The highest BCUT2D eigenvalue weighted by Gasteiger charge is 2.34. The zero-order chi connectivity index (χ0) is 33.2. The fourth-order valence-corrected chi connectivity index (χ4v) is 8.76. The lowest BCUT2D eigenvalue weighted by Gasteiger charge is -2.21. The molecule has 50 heavy (non-hydrogen) atoms. The minimum atomic E-state index is 0.656. The molecule has 1 aliphatic carbocycles. The first-order valence-electron chi connectivity index (χ1n) is 16.9. The zero-order valence-electron chi connectivity index (χ0n) is 27.0. The van der Waals surface area contributed by atoms with E-state index in [9.17, 15) is 5.26 Å². The van der Waals surface area contributed by atoms with Crippen LogP contribution in [-0.4, -0.2) is 20.8 Å². The molecule has 0 saturated carbocycles. The second-order valence-corrected chi connectivity index (χ2v) is 13.9. The Kier molecular flexibility index (Phi) is 6.52. The summed E-state index contributed by atoms with van der Waals surface area (Å²) in [6, 6.07) is 49.6. The van der Waals surface area contributed by atoms with Crippen LogP contribution in [0.25, 0.3) is 58.8 Å². The van der Waals surface area contributed by atoms with Gasteiger partial charge in [0.25, 0.3) is 11.7 Å². The third kappa shape index (κ3) is 4.43. The predicted octanol–water partition coefficient (Wildman–Crippen LogP) is 11.5. The Balaban J connectivity index is 1.12. The van der Waals surface area contributed by atoms with Gasteiger partial charge in [0, 0.05) is 42.2 Å². The van der Waals surface area contributed by atoms with Crippen molar-refractivity contribution in [3.05, 3.63) is 168 Å². The van der Waals surface area contributed by atoms with Gasteiger partial charge in [0.05, 0.1) is 28.2 Å². The van der Waals surface area contributed by atoms with Crippen molar-refractivity contribution >= 4 is 70.7 Å². The van der Waals surface area contributed by atoms with Gasteiger partial charge in [-0.2, -0.15) is 9.84 Å². The van der Waals surface area contributed by atoms with Gasteiger partial charge in [0.1, 0.15) is 5.69 Å². The highest BCUT2D eigenvalue weighted by Crippen LogP contribution is 2.42. The first-order valence-corrected chi connectivity index (χ1v) is 17.7. The normalized spacial score (nSPS) is 14.3. The minimum absolute atomic E-state index is 0.656. The highest BCUT2D eigenvalue weighted by molar-refractivity contribution is 7.26. The van der Waals surface area contributed by atoms with Crippen LogP contribution in [0, 0.1) is 11.3 Å². The van der Waals surface area contributed by atoms with Crippen LogP contribution in [0.15, 0.2) is 162 Å². The van der Waals surface area contributed by atoms with E-state index in [0.29, 0.717) is 5.56 Å². The molecule has 234 valence electrons. The Hall–Kier alpha value is -6.35. The Morgan fingerprint density at radius 2 is 1.46 bits per heavy atom. The van der Waals surface area contributed by atoms with Gasteiger partial charge in [-0.15, -0.1) is 11.3 Å². The third-order valence-corrected chi connectivity index (χ3v) is 11.1. The Bertz CT molecular complexity index is 2860. The maximum Gasteiger partial charge on any atom is 0.279 e. The average molecular weight is 658 g/mol. The molecular weight excluding hydrogens is 629 g/mol. The average Bonchev–Trinajstić information content (AvgIpc) is 3.71. The molecule has 1 aliphatic heterocycles. The number of aromatic nitrogens is 1. The fourth-order valence-electron chi connectivity index (χ4n) is 7.52. The first kappa shape index (κ1) is 28.6. The number of fused-ring (bicyclic) bond motifs is 6. The number of benzene rings is 6. The Morgan fingerprint density at radius 1 is 0.680 bits per heavy atom. The number of rotatable bonds is 5. The van der Waals surface area contributed by atoms with E-state index in [1.807, 2.05) is 29.5 Å². The topological polar surface area (TPSA) is 44.1 Å². The molecule has 0 spiro atoms. The summed E-state index contributed by atoms with van der Waals surface area (Å²) in [6.45, 7) is 0. The van der Waals surface area contributed by atoms with Gasteiger partial charge in [-0.05, 0) is 96.8 Å². The number of thiophene rings is 1. The maximum absolute atomic E-state index is 9.86. The number of nitrogens with zero attached hydrogens (tertiary/aromatic N) is 4. The smallest absolute Gasteiger partial charge is 0.279 e. The molecule has 0 atom stereocenters. The van der Waals surface area contributed by atoms with Crippen LogP contribution in [0.2, 0.25) is 0 Å². The van der Waals surface area contributed by atoms with Crippen molar-refractivity contribution < 1.29 is 4.58 Å². The van der Waals surface area contributed by atoms with Crippen LogP contribution in [0.5, 0.6) is 0 Å². The molecule has 2 aliphatic rings. The van der Waals surface area contributed by atoms with Crippen LogP contribution in [0.1, 0.15) is 24.0 Å². The highest BCUT2D eigenvalue weighted by atomic mass is 32.1. The maximum atomic E-state index is 9.86. The molecular formula is C45H29N4S+. The molecule has 0 amide bonds. The van der Waals surface area contributed by atoms with E-state index in [1.165, 1.54) is 31.3 Å². The molecule has 8 aromatic rings. The molecule has 5 heteroatoms. The van der Waals surface area contributed by atoms with Gasteiger partial charge in [0.2, 0.25) is 0 Å². The van der Waals surface area contributed by atoms with Crippen LogP contribution >= 0.6 is 11.3 Å². The van der Waals surface area contributed by atoms with Gasteiger partial charge in [0.15, 0.2) is 0 Å². The van der Waals surface area contributed by atoms with Crippen molar-refractivity contribution in [3.63, 3.8) is 0 Å². The number of nitriles is 1. The van der Waals surface area contributed by atoms with Crippen molar-refractivity contribution in [2.24, 2.45) is 4.99 Å². The van der Waals surface area contributed by atoms with Crippen LogP contribution in [0.3, 0.4) is 0 Å². The Morgan fingerprint density at radius 3 is 2.28 bits per heavy atom. The second-order valence-electron chi connectivity index (χ2n) is 12.8. The zero-order valence-corrected chi connectivity index (χ0v) is 27.9. The quantitative estimate of drug-likeness (QED) is 0.170. The van der Waals surface area contributed by atoms with E-state index in [1.54, 1.807) is 0 Å². The van der Waals surface area contributed by atoms with Gasteiger partial charge in [-0.3, -0.25) is 0 Å². The van der Waals surface area contributed by atoms with E-state index in [4.69, 9.17) is 4.99 Å². The number of hydrogen-bond acceptors (Lipinski definition) is 3. The monoisotopic (exact) mass is 657 g/mol. The van der Waals surface area contributed by atoms with Crippen molar-refractivity contribution in [2.45, 2.75) is 12.8 Å². The van der Waals surface area contributed by atoms with Gasteiger partial charge < -0.3 is 4.57 Å². The third-order valence-electron chi connectivity index (χ3n) is 9.90. The largest absolute Gasteiger partial charge is 0.309 e. The van der Waals surface area contributed by atoms with E-state index in [-0.39, 0.29) is 0 Å². The predicted molar refractivity (Wildman–Crippen MR) is 208 cm³/mol. The number of aliphatic imine (C=N–C) groups is 1. The summed E-state index contributed by atoms with van der Waals surface area (Å²) < 4.78 is 7.18. The number of allylic oxidation sites excluding steroid dienone is 2. The molecule has 2 aromatic heterocycles. The first-order chi connectivity index (χ1) is 24.7. The van der Waals surface area contributed by atoms with E-state index < -0.39 is 0 Å². The lowest BCUT2D eigenvalue weighted by molar-refractivity contribution is -0.319.